The molecule has 2 fully saturated rings. The molecule has 1 aromatic heterocycles. The highest BCUT2D eigenvalue weighted by molar-refractivity contribution is 5.92. The van der Waals surface area contributed by atoms with E-state index in [1.54, 1.807) is 9.58 Å². The summed E-state index contributed by atoms with van der Waals surface area (Å²) in [6, 6.07) is 1.91. The van der Waals surface area contributed by atoms with Gasteiger partial charge in [0.2, 0.25) is 5.91 Å². The molecule has 0 bridgehead atoms. The summed E-state index contributed by atoms with van der Waals surface area (Å²) in [5.74, 6) is 0.735. The van der Waals surface area contributed by atoms with Gasteiger partial charge in [0.25, 0.3) is 5.91 Å². The van der Waals surface area contributed by atoms with Crippen LogP contribution in [-0.4, -0.2) is 82.6 Å². The van der Waals surface area contributed by atoms with Crippen LogP contribution in [0.2, 0.25) is 0 Å². The number of nitrogens with zero attached hydrogens (tertiary/aromatic N) is 5. The van der Waals surface area contributed by atoms with Crippen LogP contribution < -0.4 is 0 Å². The molecule has 1 unspecified atom stereocenters. The largest absolute Gasteiger partial charge is 0.344 e. The number of likely N-dealkylation sites (N-methyl/N-ethyl adjacent to an activating group) is 1. The van der Waals surface area contributed by atoms with E-state index in [1.807, 2.05) is 39.0 Å². The van der Waals surface area contributed by atoms with Gasteiger partial charge in [0.1, 0.15) is 0 Å². The number of piperidine rings is 1. The lowest BCUT2D eigenvalue weighted by molar-refractivity contribution is -0.131. The summed E-state index contributed by atoms with van der Waals surface area (Å²) < 4.78 is 1.73. The SMILES string of the molecule is Cc1cc(C(=O)N(C)CC2CCN(C3CCN(C)C3=O)CC2)nn1C. The zero-order chi connectivity index (χ0) is 18.1. The lowest BCUT2D eigenvalue weighted by Gasteiger charge is -2.36. The Morgan fingerprint density at radius 2 is 1.92 bits per heavy atom. The summed E-state index contributed by atoms with van der Waals surface area (Å²) in [5.41, 5.74) is 1.50. The molecule has 0 aliphatic carbocycles. The second-order valence-electron chi connectivity index (χ2n) is 7.52. The molecule has 7 heteroatoms. The van der Waals surface area contributed by atoms with Gasteiger partial charge in [0.15, 0.2) is 5.69 Å². The number of carbonyl (C=O) groups excluding carboxylic acids is 2. The van der Waals surface area contributed by atoms with E-state index in [2.05, 4.69) is 10.00 Å². The van der Waals surface area contributed by atoms with Crippen molar-refractivity contribution in [2.75, 3.05) is 40.3 Å². The molecule has 2 saturated heterocycles. The Labute approximate surface area is 149 Å². The highest BCUT2D eigenvalue weighted by Crippen LogP contribution is 2.24. The van der Waals surface area contributed by atoms with Crippen LogP contribution in [0, 0.1) is 12.8 Å². The monoisotopic (exact) mass is 347 g/mol. The molecule has 7 nitrogen and oxygen atoms in total. The van der Waals surface area contributed by atoms with Crippen molar-refractivity contribution in [3.63, 3.8) is 0 Å². The molecule has 1 atom stereocenters. The van der Waals surface area contributed by atoms with Gasteiger partial charge in [0, 0.05) is 39.9 Å². The molecule has 138 valence electrons. The van der Waals surface area contributed by atoms with Crippen LogP contribution in [0.5, 0.6) is 0 Å². The van der Waals surface area contributed by atoms with Gasteiger partial charge in [0.05, 0.1) is 6.04 Å². The Hall–Kier alpha value is -1.89. The first-order valence-electron chi connectivity index (χ1n) is 9.12. The van der Waals surface area contributed by atoms with E-state index in [4.69, 9.17) is 0 Å². The van der Waals surface area contributed by atoms with E-state index in [0.29, 0.717) is 11.6 Å². The van der Waals surface area contributed by atoms with Crippen LogP contribution in [-0.2, 0) is 11.8 Å². The molecular weight excluding hydrogens is 318 g/mol. The highest BCUT2D eigenvalue weighted by atomic mass is 16.2. The predicted molar refractivity (Wildman–Crippen MR) is 95.2 cm³/mol. The van der Waals surface area contributed by atoms with E-state index < -0.39 is 0 Å². The fourth-order valence-electron chi connectivity index (χ4n) is 3.92. The minimum Gasteiger partial charge on any atom is -0.344 e. The van der Waals surface area contributed by atoms with Gasteiger partial charge < -0.3 is 9.80 Å². The standard InChI is InChI=1S/C18H29N5O2/c1-13-11-15(19-22(13)4)17(24)21(3)12-14-5-9-23(10-6-14)16-7-8-20(2)18(16)25/h11,14,16H,5-10,12H2,1-4H3. The van der Waals surface area contributed by atoms with Crippen LogP contribution in [0.25, 0.3) is 0 Å². The van der Waals surface area contributed by atoms with E-state index in [-0.39, 0.29) is 17.9 Å². The summed E-state index contributed by atoms with van der Waals surface area (Å²) in [7, 11) is 5.59. The average molecular weight is 347 g/mol. The van der Waals surface area contributed by atoms with Crippen LogP contribution in [0.15, 0.2) is 6.07 Å². The molecule has 0 spiro atoms. The normalized spacial score (nSPS) is 22.6. The second kappa shape index (κ2) is 7.15. The molecule has 0 aromatic carbocycles. The van der Waals surface area contributed by atoms with Crippen molar-refractivity contribution >= 4 is 11.8 Å². The van der Waals surface area contributed by atoms with Gasteiger partial charge in [-0.15, -0.1) is 0 Å². The molecule has 2 amide bonds. The van der Waals surface area contributed by atoms with Gasteiger partial charge >= 0.3 is 0 Å². The Bertz CT molecular complexity index is 628. The smallest absolute Gasteiger partial charge is 0.274 e. The number of hydrogen-bond donors (Lipinski definition) is 0. The third kappa shape index (κ3) is 3.71. The maximum Gasteiger partial charge on any atom is 0.274 e. The molecule has 3 heterocycles. The lowest BCUT2D eigenvalue weighted by atomic mass is 9.95. The van der Waals surface area contributed by atoms with Crippen molar-refractivity contribution in [3.05, 3.63) is 17.5 Å². The number of amides is 2. The third-order valence-corrected chi connectivity index (χ3v) is 5.70. The zero-order valence-corrected chi connectivity index (χ0v) is 15.7. The summed E-state index contributed by atoms with van der Waals surface area (Å²) >= 11 is 0. The molecule has 2 aliphatic heterocycles. The summed E-state index contributed by atoms with van der Waals surface area (Å²) in [4.78, 5) is 30.6. The van der Waals surface area contributed by atoms with Crippen molar-refractivity contribution in [2.24, 2.45) is 13.0 Å². The van der Waals surface area contributed by atoms with Gasteiger partial charge in [-0.2, -0.15) is 5.10 Å². The predicted octanol–water partition coefficient (Wildman–Crippen LogP) is 0.743. The molecule has 0 N–H and O–H groups in total. The summed E-state index contributed by atoms with van der Waals surface area (Å²) in [6.45, 7) is 5.45. The van der Waals surface area contributed by atoms with Gasteiger partial charge in [-0.25, -0.2) is 0 Å². The van der Waals surface area contributed by atoms with Crippen LogP contribution >= 0.6 is 0 Å². The highest BCUT2D eigenvalue weighted by Gasteiger charge is 2.36. The summed E-state index contributed by atoms with van der Waals surface area (Å²) in [5, 5.41) is 4.28. The third-order valence-electron chi connectivity index (χ3n) is 5.70. The van der Waals surface area contributed by atoms with Crippen LogP contribution in [0.1, 0.15) is 35.4 Å². The Kier molecular flexibility index (Phi) is 5.13. The minimum atomic E-state index is -0.0151. The van der Waals surface area contributed by atoms with Crippen molar-refractivity contribution in [1.82, 2.24) is 24.5 Å². The molecule has 0 radical (unpaired) electrons. The minimum absolute atomic E-state index is 0.0151. The molecule has 2 aliphatic rings. The number of hydrogen-bond acceptors (Lipinski definition) is 4. The maximum absolute atomic E-state index is 12.5. The molecular formula is C18H29N5O2. The van der Waals surface area contributed by atoms with Gasteiger partial charge in [-0.1, -0.05) is 0 Å². The first-order chi connectivity index (χ1) is 11.9. The Morgan fingerprint density at radius 1 is 1.24 bits per heavy atom. The fourth-order valence-corrected chi connectivity index (χ4v) is 3.92. The van der Waals surface area contributed by atoms with E-state index in [1.165, 1.54) is 0 Å². The molecule has 1 aromatic rings. The topological polar surface area (TPSA) is 61.7 Å². The Balaban J connectivity index is 1.50. The van der Waals surface area contributed by atoms with Crippen LogP contribution in [0.4, 0.5) is 0 Å². The van der Waals surface area contributed by atoms with E-state index in [9.17, 15) is 9.59 Å². The van der Waals surface area contributed by atoms with Crippen molar-refractivity contribution < 1.29 is 9.59 Å². The summed E-state index contributed by atoms with van der Waals surface area (Å²) in [6.07, 6.45) is 3.01. The average Bonchev–Trinajstić information content (AvgIpc) is 3.10. The Morgan fingerprint density at radius 3 is 2.44 bits per heavy atom. The number of rotatable bonds is 4. The van der Waals surface area contributed by atoms with E-state index >= 15 is 0 Å². The number of carbonyl (C=O) groups is 2. The number of aryl methyl sites for hydroxylation is 2. The zero-order valence-electron chi connectivity index (χ0n) is 15.7. The van der Waals surface area contributed by atoms with Gasteiger partial charge in [-0.3, -0.25) is 19.2 Å². The molecule has 3 rings (SSSR count). The first-order valence-corrected chi connectivity index (χ1v) is 9.12. The van der Waals surface area contributed by atoms with Crippen molar-refractivity contribution in [3.8, 4) is 0 Å². The fraction of sp³-hybridized carbons (Fsp3) is 0.722. The van der Waals surface area contributed by atoms with Crippen molar-refractivity contribution in [2.45, 2.75) is 32.2 Å². The van der Waals surface area contributed by atoms with Gasteiger partial charge in [-0.05, 0) is 51.3 Å². The quantitative estimate of drug-likeness (QED) is 0.806. The lowest BCUT2D eigenvalue weighted by Crippen LogP contribution is -2.46. The molecule has 0 saturated carbocycles. The van der Waals surface area contributed by atoms with Crippen LogP contribution in [0.3, 0.4) is 0 Å². The van der Waals surface area contributed by atoms with Crippen molar-refractivity contribution in [1.29, 1.82) is 0 Å². The number of likely N-dealkylation sites (tertiary alicyclic amines) is 2. The molecule has 25 heavy (non-hydrogen) atoms. The first kappa shape index (κ1) is 17.9. The van der Waals surface area contributed by atoms with E-state index in [0.717, 1.165) is 51.1 Å². The maximum atomic E-state index is 12.5. The number of aromatic nitrogens is 2. The second-order valence-corrected chi connectivity index (χ2v) is 7.52.